The van der Waals surface area contributed by atoms with E-state index >= 15 is 0 Å². The summed E-state index contributed by atoms with van der Waals surface area (Å²) in [5.74, 6) is -0.209. The molecule has 38 heavy (non-hydrogen) atoms. The minimum Gasteiger partial charge on any atom is -0.382 e. The number of hydrogen-bond acceptors (Lipinski definition) is 6. The third-order valence-corrected chi connectivity index (χ3v) is 6.21. The number of nitrogens with two attached hydrogens (primary N) is 1. The van der Waals surface area contributed by atoms with Gasteiger partial charge in [-0.05, 0) is 18.2 Å². The second-order valence-electron chi connectivity index (χ2n) is 8.15. The highest BCUT2D eigenvalue weighted by Crippen LogP contribution is 2.34. The number of aromatic nitrogens is 3. The van der Waals surface area contributed by atoms with E-state index in [0.29, 0.717) is 16.8 Å². The Kier molecular flexibility index (Phi) is 6.56. The zero-order valence-corrected chi connectivity index (χ0v) is 20.5. The molecule has 0 saturated heterocycles. The van der Waals surface area contributed by atoms with Crippen LogP contribution in [0.1, 0.15) is 16.7 Å². The smallest absolute Gasteiger partial charge is 0.291 e. The number of nitrogen functional groups attached to an aromatic ring is 1. The Morgan fingerprint density at radius 3 is 2.18 bits per heavy atom. The van der Waals surface area contributed by atoms with Crippen molar-refractivity contribution in [3.05, 3.63) is 123 Å². The van der Waals surface area contributed by atoms with E-state index in [1.54, 1.807) is 35.1 Å². The van der Waals surface area contributed by atoms with Crippen molar-refractivity contribution in [1.82, 2.24) is 14.5 Å². The number of anilines is 1. The maximum atomic E-state index is 13.4. The van der Waals surface area contributed by atoms with Crippen LogP contribution in [-0.4, -0.2) is 20.7 Å². The van der Waals surface area contributed by atoms with Crippen molar-refractivity contribution in [3.8, 4) is 40.2 Å². The highest BCUT2D eigenvalue weighted by molar-refractivity contribution is 6.33. The van der Waals surface area contributed by atoms with Gasteiger partial charge >= 0.3 is 0 Å². The van der Waals surface area contributed by atoms with Crippen molar-refractivity contribution in [3.63, 3.8) is 0 Å². The number of nitriles is 2. The molecule has 3 aromatic carbocycles. The first kappa shape index (κ1) is 24.3. The van der Waals surface area contributed by atoms with E-state index in [1.165, 1.54) is 6.21 Å². The second kappa shape index (κ2) is 10.3. The molecule has 182 valence electrons. The summed E-state index contributed by atoms with van der Waals surface area (Å²) in [6, 6.07) is 29.6. The van der Waals surface area contributed by atoms with Gasteiger partial charge in [-0.3, -0.25) is 4.79 Å². The predicted molar refractivity (Wildman–Crippen MR) is 147 cm³/mol. The number of halogens is 1. The van der Waals surface area contributed by atoms with Gasteiger partial charge in [-0.1, -0.05) is 78.3 Å². The molecule has 9 heteroatoms. The largest absolute Gasteiger partial charge is 0.382 e. The van der Waals surface area contributed by atoms with Crippen LogP contribution >= 0.6 is 11.6 Å². The Morgan fingerprint density at radius 1 is 0.895 bits per heavy atom. The standard InChI is InChI=1S/C29H18ClN7O/c30-25-14-8-7-13-22(25)26-23(15-31)28(33)37(29(38)24(26)16-32)34-17-20-18-36(21-11-5-2-6-12-21)35-27(20)19-9-3-1-4-10-19/h1-14,17-18H,33H2/b34-17+. The zero-order valence-electron chi connectivity index (χ0n) is 19.8. The summed E-state index contributed by atoms with van der Waals surface area (Å²) in [4.78, 5) is 13.4. The van der Waals surface area contributed by atoms with E-state index in [4.69, 9.17) is 22.4 Å². The van der Waals surface area contributed by atoms with Gasteiger partial charge in [0.1, 0.15) is 34.8 Å². The van der Waals surface area contributed by atoms with E-state index in [0.717, 1.165) is 15.9 Å². The lowest BCUT2D eigenvalue weighted by molar-refractivity contribution is 0.841. The number of benzene rings is 3. The van der Waals surface area contributed by atoms with Crippen molar-refractivity contribution in [1.29, 1.82) is 10.5 Å². The third-order valence-electron chi connectivity index (χ3n) is 5.88. The third kappa shape index (κ3) is 4.33. The summed E-state index contributed by atoms with van der Waals surface area (Å²) < 4.78 is 2.56. The summed E-state index contributed by atoms with van der Waals surface area (Å²) in [5.41, 5.74) is 8.47. The molecule has 8 nitrogen and oxygen atoms in total. The summed E-state index contributed by atoms with van der Waals surface area (Å²) in [7, 11) is 0. The second-order valence-corrected chi connectivity index (χ2v) is 8.56. The Hall–Kier alpha value is -5.44. The van der Waals surface area contributed by atoms with Crippen LogP contribution in [0.15, 0.2) is 101 Å². The minimum absolute atomic E-state index is 0.0744. The first-order valence-electron chi connectivity index (χ1n) is 11.4. The molecule has 5 rings (SSSR count). The first-order chi connectivity index (χ1) is 18.5. The van der Waals surface area contributed by atoms with Gasteiger partial charge in [-0.15, -0.1) is 0 Å². The molecule has 2 N–H and O–H groups in total. The van der Waals surface area contributed by atoms with Crippen LogP contribution in [0.5, 0.6) is 0 Å². The van der Waals surface area contributed by atoms with Crippen LogP contribution < -0.4 is 11.3 Å². The van der Waals surface area contributed by atoms with Crippen molar-refractivity contribution >= 4 is 23.6 Å². The number of hydrogen-bond donors (Lipinski definition) is 1. The van der Waals surface area contributed by atoms with E-state index in [9.17, 15) is 15.3 Å². The molecule has 0 bridgehead atoms. The number of rotatable bonds is 5. The summed E-state index contributed by atoms with van der Waals surface area (Å²) in [6.07, 6.45) is 3.21. The molecule has 5 aromatic rings. The van der Waals surface area contributed by atoms with Gasteiger partial charge < -0.3 is 5.73 Å². The van der Waals surface area contributed by atoms with Crippen molar-refractivity contribution in [2.24, 2.45) is 5.10 Å². The molecule has 0 aliphatic carbocycles. The summed E-state index contributed by atoms with van der Waals surface area (Å²) >= 11 is 6.32. The van der Waals surface area contributed by atoms with Crippen LogP contribution in [0, 0.1) is 22.7 Å². The van der Waals surface area contributed by atoms with E-state index in [2.05, 4.69) is 5.10 Å². The zero-order chi connectivity index (χ0) is 26.6. The summed E-state index contributed by atoms with van der Waals surface area (Å²) in [5, 5.41) is 29.1. The van der Waals surface area contributed by atoms with Crippen LogP contribution in [-0.2, 0) is 0 Å². The van der Waals surface area contributed by atoms with Gasteiger partial charge in [-0.2, -0.15) is 25.4 Å². The Bertz CT molecular complexity index is 1830. The van der Waals surface area contributed by atoms with E-state index in [-0.39, 0.29) is 27.5 Å². The van der Waals surface area contributed by atoms with Gasteiger partial charge in [0, 0.05) is 33.5 Å². The molecule has 0 amide bonds. The van der Waals surface area contributed by atoms with Crippen molar-refractivity contribution in [2.45, 2.75) is 0 Å². The molecule has 2 heterocycles. The Labute approximate surface area is 222 Å². The van der Waals surface area contributed by atoms with Crippen LogP contribution in [0.4, 0.5) is 5.82 Å². The fourth-order valence-electron chi connectivity index (χ4n) is 4.08. The fourth-order valence-corrected chi connectivity index (χ4v) is 4.31. The average Bonchev–Trinajstić information content (AvgIpc) is 3.38. The first-order valence-corrected chi connectivity index (χ1v) is 11.8. The van der Waals surface area contributed by atoms with Gasteiger partial charge in [0.05, 0.1) is 11.9 Å². The molecule has 0 unspecified atom stereocenters. The minimum atomic E-state index is -0.771. The molecule has 0 fully saturated rings. The molecular weight excluding hydrogens is 498 g/mol. The van der Waals surface area contributed by atoms with E-state index in [1.807, 2.05) is 72.8 Å². The SMILES string of the molecule is N#Cc1c(-c2ccccc2Cl)c(C#N)c(=O)n(/N=C/c2cn(-c3ccccc3)nc2-c2ccccc2)c1N. The topological polar surface area (TPSA) is 126 Å². The van der Waals surface area contributed by atoms with Gasteiger partial charge in [-0.25, -0.2) is 4.68 Å². The van der Waals surface area contributed by atoms with E-state index < -0.39 is 5.56 Å². The predicted octanol–water partition coefficient (Wildman–Crippen LogP) is 5.23. The number of para-hydroxylation sites is 1. The lowest BCUT2D eigenvalue weighted by Gasteiger charge is -2.13. The Morgan fingerprint density at radius 2 is 1.53 bits per heavy atom. The van der Waals surface area contributed by atoms with Gasteiger partial charge in [0.2, 0.25) is 0 Å². The molecule has 0 spiro atoms. The highest BCUT2D eigenvalue weighted by atomic mass is 35.5. The maximum Gasteiger partial charge on any atom is 0.291 e. The summed E-state index contributed by atoms with van der Waals surface area (Å²) in [6.45, 7) is 0. The molecule has 0 radical (unpaired) electrons. The number of nitrogens with zero attached hydrogens (tertiary/aromatic N) is 6. The molecular formula is C29H18ClN7O. The highest BCUT2D eigenvalue weighted by Gasteiger charge is 2.23. The number of pyridine rings is 1. The van der Waals surface area contributed by atoms with Crippen molar-refractivity contribution in [2.75, 3.05) is 5.73 Å². The van der Waals surface area contributed by atoms with Crippen LogP contribution in [0.25, 0.3) is 28.1 Å². The Balaban J connectivity index is 1.69. The average molecular weight is 516 g/mol. The fraction of sp³-hybridized carbons (Fsp3) is 0. The molecule has 0 aliphatic heterocycles. The lowest BCUT2D eigenvalue weighted by atomic mass is 9.96. The molecule has 0 saturated carbocycles. The van der Waals surface area contributed by atoms with Crippen LogP contribution in [0.2, 0.25) is 5.02 Å². The monoisotopic (exact) mass is 515 g/mol. The quantitative estimate of drug-likeness (QED) is 0.321. The molecule has 0 aliphatic rings. The lowest BCUT2D eigenvalue weighted by Crippen LogP contribution is -2.25. The van der Waals surface area contributed by atoms with Crippen LogP contribution in [0.3, 0.4) is 0 Å². The van der Waals surface area contributed by atoms with Crippen molar-refractivity contribution < 1.29 is 0 Å². The normalized spacial score (nSPS) is 10.8. The molecule has 2 aromatic heterocycles. The maximum absolute atomic E-state index is 13.4. The molecule has 0 atom stereocenters. The van der Waals surface area contributed by atoms with Gasteiger partial charge in [0.25, 0.3) is 5.56 Å². The van der Waals surface area contributed by atoms with Gasteiger partial charge in [0.15, 0.2) is 0 Å².